The molecule has 0 atom stereocenters. The standard InChI is InChI=1S/C31H39N9O6/c1-31(2,3)46-30(43)38-15-17(16-38)7-10-45-23-14-19(27(33)42)12-21-25(23)40(29(35)37-21)9-6-5-8-39-24-20(36-28(39)34)11-18(26(32)41)13-22(24)44-4/h5-6,11-14,17H,7-10,15-16H2,1-4H3,(H2,32,41)(H2,33,42)(H2,34,36)(H2,35,37)/b6-5+. The number of primary amides is 2. The number of carbonyl (C=O) groups is 3. The Bertz CT molecular complexity index is 1850. The highest BCUT2D eigenvalue weighted by atomic mass is 16.6. The van der Waals surface area contributed by atoms with E-state index in [-0.39, 0.29) is 35.0 Å². The van der Waals surface area contributed by atoms with Gasteiger partial charge in [-0.25, -0.2) is 14.8 Å². The first kappa shape index (κ1) is 31.9. The molecule has 3 heterocycles. The summed E-state index contributed by atoms with van der Waals surface area (Å²) in [5.41, 5.74) is 25.7. The third kappa shape index (κ3) is 6.62. The zero-order chi connectivity index (χ0) is 33.3. The van der Waals surface area contributed by atoms with Crippen molar-refractivity contribution in [3.63, 3.8) is 0 Å². The van der Waals surface area contributed by atoms with Crippen LogP contribution in [0.2, 0.25) is 0 Å². The van der Waals surface area contributed by atoms with Crippen molar-refractivity contribution in [3.8, 4) is 11.5 Å². The average Bonchev–Trinajstić information content (AvgIpc) is 3.44. The van der Waals surface area contributed by atoms with Crippen LogP contribution in [0.25, 0.3) is 22.1 Å². The summed E-state index contributed by atoms with van der Waals surface area (Å²) in [5.74, 6) is 0.349. The van der Waals surface area contributed by atoms with Gasteiger partial charge in [0.2, 0.25) is 23.7 Å². The van der Waals surface area contributed by atoms with Gasteiger partial charge in [0, 0.05) is 37.3 Å². The number of nitrogens with zero attached hydrogens (tertiary/aromatic N) is 5. The van der Waals surface area contributed by atoms with Crippen LogP contribution in [-0.4, -0.2) is 74.3 Å². The van der Waals surface area contributed by atoms with E-state index in [1.807, 2.05) is 32.9 Å². The summed E-state index contributed by atoms with van der Waals surface area (Å²) in [7, 11) is 1.49. The van der Waals surface area contributed by atoms with E-state index in [0.29, 0.717) is 72.8 Å². The largest absolute Gasteiger partial charge is 0.494 e. The molecule has 1 fully saturated rings. The van der Waals surface area contributed by atoms with Crippen LogP contribution in [-0.2, 0) is 17.8 Å². The van der Waals surface area contributed by atoms with Gasteiger partial charge < -0.3 is 51.2 Å². The number of nitrogen functional groups attached to an aromatic ring is 2. The Hall–Kier alpha value is -5.47. The fraction of sp³-hybridized carbons (Fsp3) is 0.387. The number of imidazole rings is 2. The molecule has 0 saturated carbocycles. The molecule has 4 aromatic rings. The maximum Gasteiger partial charge on any atom is 0.410 e. The second-order valence-corrected chi connectivity index (χ2v) is 12.1. The van der Waals surface area contributed by atoms with Crippen molar-refractivity contribution in [1.29, 1.82) is 0 Å². The van der Waals surface area contributed by atoms with Crippen LogP contribution in [0.15, 0.2) is 36.4 Å². The Morgan fingerprint density at radius 1 is 0.870 bits per heavy atom. The van der Waals surface area contributed by atoms with Gasteiger partial charge in [0.25, 0.3) is 0 Å². The van der Waals surface area contributed by atoms with Crippen LogP contribution < -0.4 is 32.4 Å². The molecule has 2 aromatic heterocycles. The van der Waals surface area contributed by atoms with Gasteiger partial charge in [-0.3, -0.25) is 9.59 Å². The molecular formula is C31H39N9O6. The van der Waals surface area contributed by atoms with Crippen LogP contribution >= 0.6 is 0 Å². The molecule has 2 aromatic carbocycles. The first-order valence-electron chi connectivity index (χ1n) is 14.7. The van der Waals surface area contributed by atoms with E-state index >= 15 is 0 Å². The van der Waals surface area contributed by atoms with Gasteiger partial charge in [-0.1, -0.05) is 12.2 Å². The zero-order valence-corrected chi connectivity index (χ0v) is 26.3. The number of methoxy groups -OCH3 is 1. The second-order valence-electron chi connectivity index (χ2n) is 12.1. The molecule has 0 aliphatic carbocycles. The normalized spacial score (nSPS) is 13.8. The number of carbonyl (C=O) groups excluding carboxylic acids is 3. The van der Waals surface area contributed by atoms with Gasteiger partial charge in [0.05, 0.1) is 24.8 Å². The van der Waals surface area contributed by atoms with Gasteiger partial charge in [-0.2, -0.15) is 0 Å². The average molecular weight is 634 g/mol. The maximum absolute atomic E-state index is 12.3. The molecule has 244 valence electrons. The first-order valence-corrected chi connectivity index (χ1v) is 14.7. The number of fused-ring (bicyclic) bond motifs is 2. The predicted octanol–water partition coefficient (Wildman–Crippen LogP) is 2.65. The molecular weight excluding hydrogens is 594 g/mol. The molecule has 46 heavy (non-hydrogen) atoms. The topological polar surface area (TPSA) is 222 Å². The number of ether oxygens (including phenoxy) is 3. The highest BCUT2D eigenvalue weighted by molar-refractivity contribution is 5.99. The number of nitrogens with two attached hydrogens (primary N) is 4. The van der Waals surface area contributed by atoms with E-state index in [1.54, 1.807) is 38.3 Å². The van der Waals surface area contributed by atoms with Crippen molar-refractivity contribution < 1.29 is 28.6 Å². The summed E-state index contributed by atoms with van der Waals surface area (Å²) in [6.07, 6.45) is 4.14. The molecule has 1 aliphatic heterocycles. The quantitative estimate of drug-likeness (QED) is 0.177. The molecule has 3 amide bonds. The van der Waals surface area contributed by atoms with E-state index in [9.17, 15) is 14.4 Å². The monoisotopic (exact) mass is 633 g/mol. The summed E-state index contributed by atoms with van der Waals surface area (Å²) >= 11 is 0. The lowest BCUT2D eigenvalue weighted by Gasteiger charge is -2.39. The summed E-state index contributed by atoms with van der Waals surface area (Å²) in [6.45, 7) is 7.69. The second kappa shape index (κ2) is 12.5. The fourth-order valence-electron chi connectivity index (χ4n) is 5.34. The van der Waals surface area contributed by atoms with Crippen molar-refractivity contribution in [2.24, 2.45) is 17.4 Å². The molecule has 0 unspecified atom stereocenters. The van der Waals surface area contributed by atoms with E-state index in [0.717, 1.165) is 0 Å². The van der Waals surface area contributed by atoms with E-state index in [1.165, 1.54) is 7.11 Å². The fourth-order valence-corrected chi connectivity index (χ4v) is 5.34. The maximum atomic E-state index is 12.3. The highest BCUT2D eigenvalue weighted by Gasteiger charge is 2.33. The van der Waals surface area contributed by atoms with Crippen molar-refractivity contribution in [2.75, 3.05) is 38.3 Å². The van der Waals surface area contributed by atoms with Crippen molar-refractivity contribution in [1.82, 2.24) is 24.0 Å². The Kier molecular flexibility index (Phi) is 8.68. The number of likely N-dealkylation sites (tertiary alicyclic amines) is 1. The Morgan fingerprint density at radius 2 is 1.37 bits per heavy atom. The van der Waals surface area contributed by atoms with Crippen molar-refractivity contribution in [3.05, 3.63) is 47.5 Å². The number of amides is 3. The van der Waals surface area contributed by atoms with Gasteiger partial charge in [0.15, 0.2) is 0 Å². The molecule has 15 heteroatoms. The van der Waals surface area contributed by atoms with Crippen molar-refractivity contribution in [2.45, 2.75) is 45.9 Å². The Labute approximate surface area is 265 Å². The van der Waals surface area contributed by atoms with E-state index in [2.05, 4.69) is 9.97 Å². The lowest BCUT2D eigenvalue weighted by atomic mass is 9.97. The molecule has 0 radical (unpaired) electrons. The number of rotatable bonds is 11. The third-order valence-corrected chi connectivity index (χ3v) is 7.60. The lowest BCUT2D eigenvalue weighted by molar-refractivity contribution is -0.00382. The number of hydrogen-bond acceptors (Lipinski definition) is 10. The van der Waals surface area contributed by atoms with Gasteiger partial charge in [-0.05, 0) is 57.4 Å². The van der Waals surface area contributed by atoms with Gasteiger partial charge in [0.1, 0.15) is 28.1 Å². The Balaban J connectivity index is 1.30. The predicted molar refractivity (Wildman–Crippen MR) is 172 cm³/mol. The van der Waals surface area contributed by atoms with Crippen LogP contribution in [0.3, 0.4) is 0 Å². The lowest BCUT2D eigenvalue weighted by Crippen LogP contribution is -2.51. The summed E-state index contributed by atoms with van der Waals surface area (Å²) in [6, 6.07) is 6.29. The summed E-state index contributed by atoms with van der Waals surface area (Å²) < 4.78 is 20.6. The molecule has 0 spiro atoms. The number of aromatic nitrogens is 4. The van der Waals surface area contributed by atoms with E-state index in [4.69, 9.17) is 37.1 Å². The van der Waals surface area contributed by atoms with Crippen LogP contribution in [0.4, 0.5) is 16.7 Å². The van der Waals surface area contributed by atoms with E-state index < -0.39 is 17.4 Å². The molecule has 1 aliphatic rings. The molecule has 1 saturated heterocycles. The van der Waals surface area contributed by atoms with Crippen molar-refractivity contribution >= 4 is 51.9 Å². The zero-order valence-electron chi connectivity index (χ0n) is 26.3. The van der Waals surface area contributed by atoms with Crippen LogP contribution in [0, 0.1) is 5.92 Å². The Morgan fingerprint density at radius 3 is 1.85 bits per heavy atom. The van der Waals surface area contributed by atoms with Crippen LogP contribution in [0.1, 0.15) is 47.9 Å². The number of benzene rings is 2. The molecule has 5 rings (SSSR count). The SMILES string of the molecule is COc1cc(C(N)=O)cc2nc(N)n(C/C=C/Cn3c(N)nc4cc(C(N)=O)cc(OCCC5CN(C(=O)OC(C)(C)C)C5)c43)c12. The van der Waals surface area contributed by atoms with Gasteiger partial charge >= 0.3 is 6.09 Å². The molecule has 15 nitrogen and oxygen atoms in total. The molecule has 8 N–H and O–H groups in total. The summed E-state index contributed by atoms with van der Waals surface area (Å²) in [4.78, 5) is 46.5. The number of anilines is 2. The highest BCUT2D eigenvalue weighted by Crippen LogP contribution is 2.32. The molecule has 0 bridgehead atoms. The summed E-state index contributed by atoms with van der Waals surface area (Å²) in [5, 5.41) is 0. The smallest absolute Gasteiger partial charge is 0.410 e. The minimum Gasteiger partial charge on any atom is -0.494 e. The van der Waals surface area contributed by atoms with Crippen LogP contribution in [0.5, 0.6) is 11.5 Å². The third-order valence-electron chi connectivity index (χ3n) is 7.60. The minimum atomic E-state index is -0.615. The first-order chi connectivity index (χ1) is 21.8. The minimum absolute atomic E-state index is 0.228. The van der Waals surface area contributed by atoms with Gasteiger partial charge in [-0.15, -0.1) is 0 Å². The number of allylic oxidation sites excluding steroid dienone is 2. The number of hydrogen-bond donors (Lipinski definition) is 4.